The van der Waals surface area contributed by atoms with Crippen molar-refractivity contribution in [1.82, 2.24) is 0 Å². The van der Waals surface area contributed by atoms with Crippen LogP contribution in [0.25, 0.3) is 11.6 Å². The van der Waals surface area contributed by atoms with E-state index in [1.165, 1.54) is 47.9 Å². The predicted octanol–water partition coefficient (Wildman–Crippen LogP) is 6.43. The van der Waals surface area contributed by atoms with Gasteiger partial charge in [0, 0.05) is 0 Å². The summed E-state index contributed by atoms with van der Waals surface area (Å²) in [5.74, 6) is -0.266. The van der Waals surface area contributed by atoms with Gasteiger partial charge in [-0.2, -0.15) is 0 Å². The smallest absolute Gasteiger partial charge is 0.338 e. The number of carbonyl (C=O) groups excluding carboxylic acids is 1. The fourth-order valence-electron chi connectivity index (χ4n) is 3.99. The van der Waals surface area contributed by atoms with E-state index < -0.39 is 0 Å². The molecule has 2 nitrogen and oxygen atoms in total. The van der Waals surface area contributed by atoms with Crippen LogP contribution in [-0.4, -0.2) is 12.6 Å². The molecule has 0 bridgehead atoms. The Morgan fingerprint density at radius 1 is 1.07 bits per heavy atom. The van der Waals surface area contributed by atoms with Gasteiger partial charge in [0.2, 0.25) is 0 Å². The Kier molecular flexibility index (Phi) is 5.84. The van der Waals surface area contributed by atoms with Crippen LogP contribution in [0.5, 0.6) is 0 Å². The van der Waals surface area contributed by atoms with Gasteiger partial charge in [-0.05, 0) is 78.5 Å². The molecule has 0 saturated heterocycles. The Bertz CT molecular complexity index is 841. The van der Waals surface area contributed by atoms with Gasteiger partial charge in [0.25, 0.3) is 0 Å². The molecule has 0 radical (unpaired) electrons. The summed E-state index contributed by atoms with van der Waals surface area (Å²) >= 11 is 0. The van der Waals surface area contributed by atoms with Crippen LogP contribution in [0.15, 0.2) is 42.5 Å². The van der Waals surface area contributed by atoms with E-state index >= 15 is 0 Å². The van der Waals surface area contributed by atoms with Gasteiger partial charge in [0.1, 0.15) is 0 Å². The fraction of sp³-hybridized carbons (Fsp3) is 0.400. The number of hydrogen-bond donors (Lipinski definition) is 0. The van der Waals surface area contributed by atoms with Crippen LogP contribution in [-0.2, 0) is 16.6 Å². The van der Waals surface area contributed by atoms with E-state index in [0.29, 0.717) is 12.2 Å². The Morgan fingerprint density at radius 3 is 2.48 bits per heavy atom. The second kappa shape index (κ2) is 8.12. The van der Waals surface area contributed by atoms with E-state index in [1.54, 1.807) is 0 Å². The number of allylic oxidation sites excluding steroid dienone is 1. The summed E-state index contributed by atoms with van der Waals surface area (Å²) < 4.78 is 5.04. The molecule has 0 N–H and O–H groups in total. The minimum Gasteiger partial charge on any atom is -0.462 e. The molecule has 0 heterocycles. The van der Waals surface area contributed by atoms with Crippen LogP contribution >= 0.6 is 0 Å². The average Bonchev–Trinajstić information content (AvgIpc) is 2.80. The lowest BCUT2D eigenvalue weighted by Gasteiger charge is -2.26. The van der Waals surface area contributed by atoms with Crippen LogP contribution in [0.3, 0.4) is 0 Å². The first-order valence-corrected chi connectivity index (χ1v) is 10.00. The molecule has 0 fully saturated rings. The minimum absolute atomic E-state index is 0.266. The highest BCUT2D eigenvalue weighted by molar-refractivity contribution is 5.90. The summed E-state index contributed by atoms with van der Waals surface area (Å²) in [7, 11) is 0. The number of rotatable bonds is 4. The highest BCUT2D eigenvalue weighted by atomic mass is 16.5. The van der Waals surface area contributed by atoms with Crippen molar-refractivity contribution >= 4 is 17.6 Å². The molecule has 1 aliphatic carbocycles. The molecule has 0 aromatic heterocycles. The second-order valence-electron chi connectivity index (χ2n) is 8.13. The van der Waals surface area contributed by atoms with Gasteiger partial charge in [-0.25, -0.2) is 4.79 Å². The average molecular weight is 363 g/mol. The lowest BCUT2D eigenvalue weighted by Crippen LogP contribution is -2.17. The molecular weight excluding hydrogens is 332 g/mol. The van der Waals surface area contributed by atoms with E-state index in [1.807, 2.05) is 31.2 Å². The van der Waals surface area contributed by atoms with E-state index in [-0.39, 0.29) is 11.4 Å². The molecule has 0 spiro atoms. The van der Waals surface area contributed by atoms with Crippen molar-refractivity contribution in [3.8, 4) is 0 Å². The van der Waals surface area contributed by atoms with Crippen molar-refractivity contribution in [3.63, 3.8) is 0 Å². The quantitative estimate of drug-likeness (QED) is 0.356. The number of aryl methyl sites for hydroxylation is 1. The molecule has 0 unspecified atom stereocenters. The summed E-state index contributed by atoms with van der Waals surface area (Å²) in [4.78, 5) is 11.8. The molecule has 1 aliphatic rings. The number of hydrogen-bond acceptors (Lipinski definition) is 2. The summed E-state index contributed by atoms with van der Waals surface area (Å²) in [6, 6.07) is 14.6. The molecule has 0 aliphatic heterocycles. The van der Waals surface area contributed by atoms with Gasteiger partial charge in [-0.1, -0.05) is 56.7 Å². The van der Waals surface area contributed by atoms with Crippen molar-refractivity contribution < 1.29 is 9.53 Å². The number of fused-ring (bicyclic) bond motifs is 1. The summed E-state index contributed by atoms with van der Waals surface area (Å²) in [5.41, 5.74) is 7.49. The molecule has 0 saturated carbocycles. The Hall–Kier alpha value is -2.35. The maximum Gasteiger partial charge on any atom is 0.338 e. The summed E-state index contributed by atoms with van der Waals surface area (Å²) in [5, 5.41) is 0. The van der Waals surface area contributed by atoms with Crippen molar-refractivity contribution in [2.75, 3.05) is 6.61 Å². The van der Waals surface area contributed by atoms with Crippen molar-refractivity contribution in [2.24, 2.45) is 0 Å². The molecule has 142 valence electrons. The lowest BCUT2D eigenvalue weighted by atomic mass is 9.79. The lowest BCUT2D eigenvalue weighted by molar-refractivity contribution is 0.0526. The zero-order valence-corrected chi connectivity index (χ0v) is 17.0. The van der Waals surface area contributed by atoms with Crippen molar-refractivity contribution in [1.29, 1.82) is 0 Å². The van der Waals surface area contributed by atoms with Crippen LogP contribution in [0, 0.1) is 0 Å². The predicted molar refractivity (Wildman–Crippen MR) is 113 cm³/mol. The van der Waals surface area contributed by atoms with Crippen LogP contribution in [0.1, 0.15) is 79.6 Å². The standard InChI is InChI=1S/C25H30O2/c1-5-27-24(26)20-11-9-19(10-12-20)16-18(2)21-13-14-23-22(17-21)8-6-7-15-25(23,3)4/h9-14,16-17H,5-8,15H2,1-4H3/b18-16+. The monoisotopic (exact) mass is 362 g/mol. The van der Waals surface area contributed by atoms with Gasteiger partial charge in [-0.3, -0.25) is 0 Å². The number of ether oxygens (including phenoxy) is 1. The molecule has 3 rings (SSSR count). The molecule has 0 amide bonds. The maximum absolute atomic E-state index is 11.8. The third-order valence-corrected chi connectivity index (χ3v) is 5.59. The molecular formula is C25H30O2. The largest absolute Gasteiger partial charge is 0.462 e. The molecule has 2 aromatic carbocycles. The molecule has 27 heavy (non-hydrogen) atoms. The molecule has 2 heteroatoms. The Labute approximate surface area is 163 Å². The van der Waals surface area contributed by atoms with Crippen LogP contribution in [0.4, 0.5) is 0 Å². The van der Waals surface area contributed by atoms with E-state index in [9.17, 15) is 4.79 Å². The second-order valence-corrected chi connectivity index (χ2v) is 8.13. The fourth-order valence-corrected chi connectivity index (χ4v) is 3.99. The Morgan fingerprint density at radius 2 is 1.78 bits per heavy atom. The number of esters is 1. The normalized spacial score (nSPS) is 16.4. The molecule has 0 atom stereocenters. The van der Waals surface area contributed by atoms with Gasteiger partial charge >= 0.3 is 5.97 Å². The third-order valence-electron chi connectivity index (χ3n) is 5.59. The van der Waals surface area contributed by atoms with E-state index in [4.69, 9.17) is 4.74 Å². The number of benzene rings is 2. The third kappa shape index (κ3) is 4.50. The van der Waals surface area contributed by atoms with Crippen LogP contribution in [0.2, 0.25) is 0 Å². The van der Waals surface area contributed by atoms with Gasteiger partial charge in [-0.15, -0.1) is 0 Å². The number of carbonyl (C=O) groups is 1. The highest BCUT2D eigenvalue weighted by Crippen LogP contribution is 2.36. The van der Waals surface area contributed by atoms with Gasteiger partial charge < -0.3 is 4.74 Å². The van der Waals surface area contributed by atoms with E-state index in [2.05, 4.69) is 45.0 Å². The SMILES string of the molecule is CCOC(=O)c1ccc(/C=C(\C)c2ccc3c(c2)CCCCC3(C)C)cc1. The topological polar surface area (TPSA) is 26.3 Å². The van der Waals surface area contributed by atoms with Crippen molar-refractivity contribution in [2.45, 2.75) is 58.8 Å². The highest BCUT2D eigenvalue weighted by Gasteiger charge is 2.25. The first-order valence-electron chi connectivity index (χ1n) is 10.00. The maximum atomic E-state index is 11.8. The first kappa shape index (κ1) is 19.4. The van der Waals surface area contributed by atoms with Crippen LogP contribution < -0.4 is 0 Å². The zero-order chi connectivity index (χ0) is 19.4. The summed E-state index contributed by atoms with van der Waals surface area (Å²) in [6.45, 7) is 9.10. The minimum atomic E-state index is -0.266. The molecule has 2 aromatic rings. The first-order chi connectivity index (χ1) is 12.9. The van der Waals surface area contributed by atoms with Gasteiger partial charge in [0.15, 0.2) is 0 Å². The van der Waals surface area contributed by atoms with Crippen molar-refractivity contribution in [3.05, 3.63) is 70.3 Å². The Balaban J connectivity index is 1.84. The zero-order valence-electron chi connectivity index (χ0n) is 17.0. The van der Waals surface area contributed by atoms with Gasteiger partial charge in [0.05, 0.1) is 12.2 Å². The summed E-state index contributed by atoms with van der Waals surface area (Å²) in [6.07, 6.45) is 7.20. The van der Waals surface area contributed by atoms with E-state index in [0.717, 1.165) is 5.56 Å².